The number of nitrogen functional groups attached to an aromatic ring is 1. The number of anilines is 1. The maximum Gasteiger partial charge on any atom is 0.284 e. The van der Waals surface area contributed by atoms with E-state index in [0.717, 1.165) is 55.1 Å². The molecule has 2 aromatic heterocycles. The molecule has 3 aromatic rings. The molecule has 5 N–H and O–H groups in total. The van der Waals surface area contributed by atoms with Crippen LogP contribution in [0.25, 0.3) is 10.9 Å². The lowest BCUT2D eigenvalue weighted by Gasteiger charge is -2.11. The van der Waals surface area contributed by atoms with Crippen LogP contribution in [0.5, 0.6) is 11.5 Å². The molecule has 0 spiro atoms. The zero-order valence-electron chi connectivity index (χ0n) is 17.9. The molecule has 1 amide bonds. The number of unbranched alkanes of at least 4 members (excludes halogenated alkanes) is 3. The van der Waals surface area contributed by atoms with Gasteiger partial charge in [0.25, 0.3) is 5.91 Å². The molecule has 1 aromatic carbocycles. The highest BCUT2D eigenvalue weighted by Crippen LogP contribution is 2.33. The monoisotopic (exact) mass is 427 g/mol. The fourth-order valence-electron chi connectivity index (χ4n) is 3.48. The predicted octanol–water partition coefficient (Wildman–Crippen LogP) is 2.81. The Balaban J connectivity index is 1.42. The molecule has 0 aliphatic rings. The lowest BCUT2D eigenvalue weighted by molar-refractivity contribution is 0.0972. The van der Waals surface area contributed by atoms with Crippen molar-refractivity contribution < 1.29 is 18.7 Å². The number of aromatic nitrogens is 2. The van der Waals surface area contributed by atoms with E-state index in [9.17, 15) is 4.79 Å². The average molecular weight is 428 g/mol. The lowest BCUT2D eigenvalue weighted by atomic mass is 10.1. The Morgan fingerprint density at radius 2 is 1.84 bits per heavy atom. The van der Waals surface area contributed by atoms with E-state index in [1.807, 2.05) is 6.07 Å². The van der Waals surface area contributed by atoms with Crippen LogP contribution in [0.2, 0.25) is 0 Å². The highest BCUT2D eigenvalue weighted by molar-refractivity contribution is 5.91. The molecule has 31 heavy (non-hydrogen) atoms. The first-order chi connectivity index (χ1) is 15.0. The normalized spacial score (nSPS) is 11.0. The van der Waals surface area contributed by atoms with Crippen molar-refractivity contribution >= 4 is 22.6 Å². The Hall–Kier alpha value is -3.33. The van der Waals surface area contributed by atoms with Crippen LogP contribution >= 0.6 is 0 Å². The highest BCUT2D eigenvalue weighted by atomic mass is 16.5. The van der Waals surface area contributed by atoms with Gasteiger partial charge in [-0.3, -0.25) is 4.79 Å². The van der Waals surface area contributed by atoms with E-state index < -0.39 is 5.91 Å². The third-order valence-corrected chi connectivity index (χ3v) is 5.08. The summed E-state index contributed by atoms with van der Waals surface area (Å²) >= 11 is 0. The topological polar surface area (TPSA) is 139 Å². The second-order valence-corrected chi connectivity index (χ2v) is 7.23. The van der Waals surface area contributed by atoms with E-state index in [2.05, 4.69) is 15.3 Å². The van der Waals surface area contributed by atoms with Gasteiger partial charge in [-0.05, 0) is 37.9 Å². The van der Waals surface area contributed by atoms with Crippen LogP contribution in [-0.2, 0) is 13.0 Å². The number of carbonyl (C=O) groups is 1. The van der Waals surface area contributed by atoms with Crippen LogP contribution in [0, 0.1) is 0 Å². The number of rotatable bonds is 12. The number of nitrogens with zero attached hydrogens (tertiary/aromatic N) is 2. The maximum absolute atomic E-state index is 11.3. The quantitative estimate of drug-likeness (QED) is 0.375. The van der Waals surface area contributed by atoms with E-state index in [4.69, 9.17) is 25.4 Å². The molecule has 0 saturated heterocycles. The molecule has 0 saturated carbocycles. The Labute approximate surface area is 181 Å². The van der Waals surface area contributed by atoms with Crippen molar-refractivity contribution in [3.8, 4) is 11.5 Å². The number of amides is 1. The molecule has 0 radical (unpaired) electrons. The number of benzene rings is 1. The molecule has 0 aliphatic heterocycles. The number of carbonyl (C=O) groups excluding carboxylic acids is 1. The molecule has 9 nitrogen and oxygen atoms in total. The van der Waals surface area contributed by atoms with Gasteiger partial charge in [0, 0.05) is 17.0 Å². The van der Waals surface area contributed by atoms with Crippen molar-refractivity contribution in [1.82, 2.24) is 15.3 Å². The van der Waals surface area contributed by atoms with Gasteiger partial charge in [0.1, 0.15) is 11.6 Å². The Kier molecular flexibility index (Phi) is 7.66. The van der Waals surface area contributed by atoms with Gasteiger partial charge in [-0.25, -0.2) is 9.97 Å². The number of aryl methyl sites for hydroxylation is 1. The fraction of sp³-hybridized carbons (Fsp3) is 0.409. The molecular formula is C22H29N5O4. The summed E-state index contributed by atoms with van der Waals surface area (Å²) in [4.78, 5) is 20.2. The molecule has 0 unspecified atom stereocenters. The first kappa shape index (κ1) is 22.4. The first-order valence-electron chi connectivity index (χ1n) is 10.3. The van der Waals surface area contributed by atoms with Crippen molar-refractivity contribution in [3.63, 3.8) is 0 Å². The van der Waals surface area contributed by atoms with Gasteiger partial charge in [-0.2, -0.15) is 0 Å². The Morgan fingerprint density at radius 3 is 2.58 bits per heavy atom. The van der Waals surface area contributed by atoms with Crippen molar-refractivity contribution in [1.29, 1.82) is 0 Å². The number of nitrogens with two attached hydrogens (primary N) is 2. The number of furan rings is 1. The highest BCUT2D eigenvalue weighted by Gasteiger charge is 2.12. The summed E-state index contributed by atoms with van der Waals surface area (Å²) < 4.78 is 15.8. The summed E-state index contributed by atoms with van der Waals surface area (Å²) in [5.74, 6) is 2.00. The molecule has 0 atom stereocenters. The Morgan fingerprint density at radius 1 is 1.10 bits per heavy atom. The number of hydrogen-bond donors (Lipinski definition) is 3. The van der Waals surface area contributed by atoms with Crippen LogP contribution in [0.15, 0.2) is 28.9 Å². The molecule has 0 aliphatic carbocycles. The molecular weight excluding hydrogens is 398 g/mol. The minimum atomic E-state index is -0.515. The Bertz CT molecular complexity index is 1030. The van der Waals surface area contributed by atoms with E-state index in [-0.39, 0.29) is 5.76 Å². The summed E-state index contributed by atoms with van der Waals surface area (Å²) in [5.41, 5.74) is 13.0. The molecule has 2 heterocycles. The zero-order valence-corrected chi connectivity index (χ0v) is 17.9. The third-order valence-electron chi connectivity index (χ3n) is 5.08. The van der Waals surface area contributed by atoms with E-state index in [1.54, 1.807) is 26.4 Å². The van der Waals surface area contributed by atoms with E-state index >= 15 is 0 Å². The number of ether oxygens (including phenoxy) is 2. The first-order valence-corrected chi connectivity index (χ1v) is 10.3. The van der Waals surface area contributed by atoms with Gasteiger partial charge in [-0.1, -0.05) is 12.8 Å². The van der Waals surface area contributed by atoms with Crippen LogP contribution in [-0.4, -0.2) is 36.6 Å². The number of methoxy groups -OCH3 is 2. The summed E-state index contributed by atoms with van der Waals surface area (Å²) in [6.07, 6.45) is 6.45. The molecule has 0 fully saturated rings. The lowest BCUT2D eigenvalue weighted by Crippen LogP contribution is -2.17. The fourth-order valence-corrected chi connectivity index (χ4v) is 3.48. The smallest absolute Gasteiger partial charge is 0.284 e. The van der Waals surface area contributed by atoms with Crippen LogP contribution < -0.4 is 26.3 Å². The van der Waals surface area contributed by atoms with Gasteiger partial charge in [0.05, 0.1) is 32.5 Å². The summed E-state index contributed by atoms with van der Waals surface area (Å²) in [6.45, 7) is 1.39. The van der Waals surface area contributed by atoms with Crippen molar-refractivity contribution in [2.45, 2.75) is 38.6 Å². The SMILES string of the molecule is COc1cc2nc(CNCCCCCCc3ccoc3C(N)=O)nc(N)c2cc1OC. The minimum absolute atomic E-state index is 0.271. The van der Waals surface area contributed by atoms with Gasteiger partial charge in [0.15, 0.2) is 17.3 Å². The number of fused-ring (bicyclic) bond motifs is 1. The number of primary amides is 1. The van der Waals surface area contributed by atoms with Crippen LogP contribution in [0.3, 0.4) is 0 Å². The van der Waals surface area contributed by atoms with Crippen molar-refractivity contribution in [2.24, 2.45) is 5.73 Å². The molecule has 3 rings (SSSR count). The third kappa shape index (κ3) is 5.64. The van der Waals surface area contributed by atoms with Crippen LogP contribution in [0.4, 0.5) is 5.82 Å². The molecule has 9 heteroatoms. The molecule has 0 bridgehead atoms. The van der Waals surface area contributed by atoms with Gasteiger partial charge in [-0.15, -0.1) is 0 Å². The zero-order chi connectivity index (χ0) is 22.2. The second-order valence-electron chi connectivity index (χ2n) is 7.23. The van der Waals surface area contributed by atoms with Crippen molar-refractivity contribution in [2.75, 3.05) is 26.5 Å². The summed E-state index contributed by atoms with van der Waals surface area (Å²) in [5, 5.41) is 4.10. The molecule has 166 valence electrons. The second kappa shape index (κ2) is 10.6. The standard InChI is InChI=1S/C22H29N5O4/c1-29-17-11-15-16(12-18(17)30-2)26-19(27-21(15)23)13-25-9-6-4-3-5-7-14-8-10-31-20(14)22(24)28/h8,10-12,25H,3-7,9,13H2,1-2H3,(H2,24,28)(H2,23,26,27). The average Bonchev–Trinajstić information content (AvgIpc) is 3.23. The summed E-state index contributed by atoms with van der Waals surface area (Å²) in [6, 6.07) is 5.40. The predicted molar refractivity (Wildman–Crippen MR) is 118 cm³/mol. The minimum Gasteiger partial charge on any atom is -0.493 e. The maximum atomic E-state index is 11.3. The largest absolute Gasteiger partial charge is 0.493 e. The van der Waals surface area contributed by atoms with Crippen LogP contribution in [0.1, 0.15) is 47.6 Å². The van der Waals surface area contributed by atoms with Gasteiger partial charge >= 0.3 is 0 Å². The summed E-state index contributed by atoms with van der Waals surface area (Å²) in [7, 11) is 3.16. The van der Waals surface area contributed by atoms with E-state index in [0.29, 0.717) is 29.7 Å². The van der Waals surface area contributed by atoms with Crippen molar-refractivity contribution in [3.05, 3.63) is 41.6 Å². The number of hydrogen-bond acceptors (Lipinski definition) is 8. The van der Waals surface area contributed by atoms with Gasteiger partial charge in [0.2, 0.25) is 0 Å². The van der Waals surface area contributed by atoms with Gasteiger partial charge < -0.3 is 30.7 Å². The van der Waals surface area contributed by atoms with E-state index in [1.165, 1.54) is 6.26 Å². The number of nitrogens with one attached hydrogen (secondary N) is 1.